The third-order valence-electron chi connectivity index (χ3n) is 18.2. The summed E-state index contributed by atoms with van der Waals surface area (Å²) in [4.78, 5) is 244. The second-order valence-corrected chi connectivity index (χ2v) is 30.2. The first-order chi connectivity index (χ1) is 54.6. The van der Waals surface area contributed by atoms with Gasteiger partial charge in [0.1, 0.15) is 72.5 Å². The van der Waals surface area contributed by atoms with Crippen molar-refractivity contribution in [3.8, 4) is 0 Å². The number of carboxylic acid groups (broad SMARTS) is 1. The monoisotopic (exact) mass is 1640 g/mol. The number of aliphatic hydroxyl groups is 1. The van der Waals surface area contributed by atoms with Crippen molar-refractivity contribution in [3.63, 3.8) is 0 Å². The van der Waals surface area contributed by atoms with Crippen molar-refractivity contribution in [1.29, 1.82) is 5.41 Å². The number of para-hydroxylation sites is 1. The van der Waals surface area contributed by atoms with Crippen molar-refractivity contribution < 1.29 is 86.9 Å². The van der Waals surface area contributed by atoms with Gasteiger partial charge in [0.05, 0.1) is 43.1 Å². The Labute approximate surface area is 668 Å². The first-order valence-electron chi connectivity index (χ1n) is 36.8. The van der Waals surface area contributed by atoms with E-state index in [-0.39, 0.29) is 50.0 Å². The number of fused-ring (bicyclic) bond motifs is 1. The molecule has 4 heterocycles. The first-order valence-corrected chi connectivity index (χ1v) is 39.3. The van der Waals surface area contributed by atoms with Crippen LogP contribution in [-0.2, 0) is 102 Å². The van der Waals surface area contributed by atoms with E-state index in [1.54, 1.807) is 68.4 Å². The van der Waals surface area contributed by atoms with Gasteiger partial charge >= 0.3 is 5.97 Å². The highest BCUT2D eigenvalue weighted by molar-refractivity contribution is 8.76. The van der Waals surface area contributed by atoms with E-state index in [2.05, 4.69) is 99.4 Å². The minimum Gasteiger partial charge on any atom is -0.481 e. The Morgan fingerprint density at radius 3 is 1.70 bits per heavy atom. The summed E-state index contributed by atoms with van der Waals surface area (Å²) in [6.07, 6.45) is 1.50. The van der Waals surface area contributed by atoms with Crippen LogP contribution in [0.2, 0.25) is 0 Å². The number of guanidine groups is 1. The normalized spacial score (nSPS) is 22.4. The summed E-state index contributed by atoms with van der Waals surface area (Å²) < 4.78 is 0. The molecule has 1 aliphatic heterocycles. The highest BCUT2D eigenvalue weighted by Crippen LogP contribution is 2.25. The van der Waals surface area contributed by atoms with Crippen molar-refractivity contribution in [2.75, 3.05) is 24.6 Å². The molecule has 14 atom stereocenters. The quantitative estimate of drug-likeness (QED) is 0.0101. The Kier molecular flexibility index (Phi) is 36.3. The van der Waals surface area contributed by atoms with Crippen molar-refractivity contribution in [2.24, 2.45) is 29.0 Å². The van der Waals surface area contributed by atoms with Crippen LogP contribution in [0.3, 0.4) is 0 Å². The molecule has 26 N–H and O–H groups in total. The van der Waals surface area contributed by atoms with Crippen LogP contribution in [-0.4, -0.2) is 239 Å². The van der Waals surface area contributed by atoms with Crippen LogP contribution in [0.25, 0.3) is 10.9 Å². The number of aromatic nitrogens is 5. The van der Waals surface area contributed by atoms with Gasteiger partial charge < -0.3 is 117 Å². The summed E-state index contributed by atoms with van der Waals surface area (Å²) in [5, 5.41) is 64.6. The summed E-state index contributed by atoms with van der Waals surface area (Å²) in [6.45, 7) is 7.80. The molecular formula is C72H101N23O18S2. The molecule has 0 spiro atoms. The molecule has 0 radical (unpaired) electrons. The SMILES string of the molecule is CC[C@H](C)[C@H](NC(C)=O)C(=O)N[C@H]1CSSC[C@@H](C(=O)N[C@H](C(N)=O)[C@@H](C)O)NC(=O)[C@H](CCCNC(=N)N)NC(=O)[C@H](Cc2c[nH]cn2)NC(=O)[C@H](Cc2c[nH]cn2)NC(=O)CNC(=O)[C@H](Cc2c[nH]c3ccccc23)NC(=O)[C@H](CC(=O)O)NC(=O)[C@H](CCC(N)=O)NC(=O)[C@H](Cc2ccccc2)NC(=O)[C@H](C(C)C)NC1=O. The van der Waals surface area contributed by atoms with E-state index in [1.807, 2.05) is 0 Å². The third kappa shape index (κ3) is 30.0. The second-order valence-electron chi connectivity index (χ2n) is 27.7. The van der Waals surface area contributed by atoms with Gasteiger partial charge in [0.15, 0.2) is 5.96 Å². The summed E-state index contributed by atoms with van der Waals surface area (Å²) in [5.41, 5.74) is 18.5. The summed E-state index contributed by atoms with van der Waals surface area (Å²) in [7, 11) is 1.63. The predicted octanol–water partition coefficient (Wildman–Crippen LogP) is -5.19. The molecule has 41 nitrogen and oxygen atoms in total. The number of carbonyl (C=O) groups is 16. The number of amides is 15. The van der Waals surface area contributed by atoms with E-state index in [1.165, 1.54) is 52.0 Å². The maximum Gasteiger partial charge on any atom is 0.305 e. The number of hydrogen-bond donors (Lipinski definition) is 23. The van der Waals surface area contributed by atoms with Gasteiger partial charge in [0.25, 0.3) is 0 Å². The molecule has 5 aromatic rings. The van der Waals surface area contributed by atoms with Crippen LogP contribution in [0, 0.1) is 17.2 Å². The standard InChI is InChI=1S/C72H101N23O18S2/c1-7-36(4)58(84-38(6)97)71(113)93-53-32-115-114-31-52(69(111)95-59(37(5)96)60(74)102)92-62(104)45(18-13-21-79-72(75)76)86-66(108)50(25-42-29-78-34-83-42)89-65(107)49(24-41-28-77-33-82-41)85-55(99)30-81-61(103)48(23-40-27-80-44-17-12-11-16-43(40)44)88-67(109)51(26-56(100)101)90-63(105)46(19-20-54(73)98)87-64(106)47(22-39-14-9-8-10-15-39)91-70(112)57(35(2)3)94-68(53)110/h8-12,14-17,27-29,33-37,45-53,57-59,80,96H,7,13,18-26,30-32H2,1-6H3,(H2,73,98)(H2,74,102)(H,77,82)(H,78,83)(H,81,103)(H,84,97)(H,85,99)(H,86,108)(H,87,106)(H,88,109)(H,89,107)(H,90,105)(H,91,112)(H,92,104)(H,93,113)(H,94,110)(H,95,111)(H,100,101)(H4,75,76,79)/t36-,37+,45-,46-,47-,48-,49-,50-,51-,52-,53-,57-,58-,59-/m0/s1. The van der Waals surface area contributed by atoms with E-state index >= 15 is 0 Å². The molecule has 3 aromatic heterocycles. The van der Waals surface area contributed by atoms with Gasteiger partial charge in [0, 0.05) is 86.6 Å². The molecule has 624 valence electrons. The topological polar surface area (TPSA) is 657 Å². The Bertz CT molecular complexity index is 4230. The van der Waals surface area contributed by atoms with Crippen LogP contribution in [0.4, 0.5) is 0 Å². The molecule has 0 saturated carbocycles. The smallest absolute Gasteiger partial charge is 0.305 e. The number of aromatic amines is 3. The highest BCUT2D eigenvalue weighted by Gasteiger charge is 2.39. The number of primary amides is 2. The highest BCUT2D eigenvalue weighted by atomic mass is 33.1. The fraction of sp³-hybridized carbons (Fsp3) is 0.486. The van der Waals surface area contributed by atoms with Gasteiger partial charge in [-0.05, 0) is 55.2 Å². The Balaban J connectivity index is 1.49. The number of nitrogens with two attached hydrogens (primary N) is 3. The van der Waals surface area contributed by atoms with Crippen molar-refractivity contribution in [1.82, 2.24) is 99.4 Å². The molecular weight excluding hydrogens is 1540 g/mol. The molecule has 15 amide bonds. The Morgan fingerprint density at radius 1 is 0.600 bits per heavy atom. The minimum absolute atomic E-state index is 0.0203. The Hall–Kier alpha value is -12.2. The van der Waals surface area contributed by atoms with Crippen LogP contribution >= 0.6 is 21.6 Å². The van der Waals surface area contributed by atoms with Gasteiger partial charge in [-0.25, -0.2) is 9.97 Å². The second kappa shape index (κ2) is 45.5. The molecule has 6 rings (SSSR count). The molecule has 0 bridgehead atoms. The number of imidazole rings is 2. The van der Waals surface area contributed by atoms with Crippen LogP contribution < -0.4 is 91.6 Å². The lowest BCUT2D eigenvalue weighted by Crippen LogP contribution is -2.61. The van der Waals surface area contributed by atoms with Gasteiger partial charge in [-0.3, -0.25) is 82.1 Å². The van der Waals surface area contributed by atoms with Crippen LogP contribution in [0.5, 0.6) is 0 Å². The number of nitrogens with zero attached hydrogens (tertiary/aromatic N) is 2. The van der Waals surface area contributed by atoms with Gasteiger partial charge in [-0.2, -0.15) is 0 Å². The average molecular weight is 1640 g/mol. The fourth-order valence-corrected chi connectivity index (χ4v) is 14.2. The average Bonchev–Trinajstić information content (AvgIpc) is 1.72. The molecule has 0 unspecified atom stereocenters. The Morgan fingerprint density at radius 2 is 1.14 bits per heavy atom. The van der Waals surface area contributed by atoms with Crippen molar-refractivity contribution in [2.45, 2.75) is 184 Å². The number of carbonyl (C=O) groups excluding carboxylic acids is 15. The minimum atomic E-state index is -2.07. The number of nitrogens with one attached hydrogen (secondary N) is 18. The lowest BCUT2D eigenvalue weighted by molar-refractivity contribution is -0.141. The molecule has 2 aromatic carbocycles. The van der Waals surface area contributed by atoms with Crippen molar-refractivity contribution >= 4 is 133 Å². The largest absolute Gasteiger partial charge is 0.481 e. The lowest BCUT2D eigenvalue weighted by atomic mass is 9.97. The predicted molar refractivity (Wildman–Crippen MR) is 419 cm³/mol. The van der Waals surface area contributed by atoms with E-state index in [9.17, 15) is 86.9 Å². The van der Waals surface area contributed by atoms with E-state index in [4.69, 9.17) is 22.6 Å². The molecule has 0 aliphatic carbocycles. The number of carboxylic acids is 1. The van der Waals surface area contributed by atoms with Gasteiger partial charge in [-0.15, -0.1) is 0 Å². The zero-order valence-corrected chi connectivity index (χ0v) is 65.6. The zero-order valence-electron chi connectivity index (χ0n) is 64.0. The lowest BCUT2D eigenvalue weighted by Gasteiger charge is -2.29. The van der Waals surface area contributed by atoms with Crippen molar-refractivity contribution in [3.05, 3.63) is 108 Å². The zero-order chi connectivity index (χ0) is 84.6. The molecule has 1 saturated heterocycles. The number of aliphatic carboxylic acids is 1. The van der Waals surface area contributed by atoms with E-state index < -0.39 is 235 Å². The van der Waals surface area contributed by atoms with Gasteiger partial charge in [-0.1, -0.05) is 104 Å². The van der Waals surface area contributed by atoms with Crippen LogP contribution in [0.1, 0.15) is 103 Å². The van der Waals surface area contributed by atoms with Crippen LogP contribution in [0.15, 0.2) is 85.8 Å². The third-order valence-corrected chi connectivity index (χ3v) is 20.7. The molecule has 43 heteroatoms. The molecule has 115 heavy (non-hydrogen) atoms. The summed E-state index contributed by atoms with van der Waals surface area (Å²) in [5.74, 6) is -20.1. The first kappa shape index (κ1) is 91.7. The maximum absolute atomic E-state index is 15.0. The van der Waals surface area contributed by atoms with E-state index in [0.717, 1.165) is 28.5 Å². The summed E-state index contributed by atoms with van der Waals surface area (Å²) >= 11 is 0. The van der Waals surface area contributed by atoms with Gasteiger partial charge in [0.2, 0.25) is 88.6 Å². The number of hydrogen-bond acceptors (Lipinski definition) is 22. The number of H-pyrrole nitrogens is 3. The maximum atomic E-state index is 15.0. The number of rotatable bonds is 27. The number of aliphatic hydroxyl groups excluding tert-OH is 1. The molecule has 1 fully saturated rings. The molecule has 1 aliphatic rings. The number of benzene rings is 2. The summed E-state index contributed by atoms with van der Waals surface area (Å²) in [6, 6.07) is -5.25. The fourth-order valence-electron chi connectivity index (χ4n) is 11.9. The van der Waals surface area contributed by atoms with E-state index in [0.29, 0.717) is 28.5 Å².